The first-order valence-electron chi connectivity index (χ1n) is 10.9. The fraction of sp³-hybridized carbons (Fsp3) is 0.478. The standard InChI is InChI=1S/C23H27FN4O3S.ClH/c1-2-19(23(30)31)28-25-12-16(26-28)11-15-13-27(10-9-20(15)32)21(22(29)14-7-8-14)17-5-3-4-6-18(17)24;/h3-6,11-12,14,19-21,32H,2,7-10,13H2,1H3,(H,30,31);1H/b15-11+;. The average molecular weight is 495 g/mol. The Kier molecular flexibility index (Phi) is 8.31. The lowest BCUT2D eigenvalue weighted by molar-refractivity contribution is -0.141. The zero-order chi connectivity index (χ0) is 22.8. The summed E-state index contributed by atoms with van der Waals surface area (Å²) in [5.74, 6) is -1.27. The summed E-state index contributed by atoms with van der Waals surface area (Å²) in [6.07, 6.45) is 6.18. The first-order valence-corrected chi connectivity index (χ1v) is 11.5. The smallest absolute Gasteiger partial charge is 0.330 e. The Labute approximate surface area is 203 Å². The van der Waals surface area contributed by atoms with Gasteiger partial charge in [0, 0.05) is 29.8 Å². The van der Waals surface area contributed by atoms with Gasteiger partial charge in [0.15, 0.2) is 11.8 Å². The summed E-state index contributed by atoms with van der Waals surface area (Å²) in [5, 5.41) is 17.7. The molecule has 1 aromatic carbocycles. The molecular formula is C23H28ClFN4O3S. The predicted molar refractivity (Wildman–Crippen MR) is 128 cm³/mol. The quantitative estimate of drug-likeness (QED) is 0.540. The fourth-order valence-corrected chi connectivity index (χ4v) is 4.48. The van der Waals surface area contributed by atoms with Gasteiger partial charge in [0.1, 0.15) is 11.5 Å². The average Bonchev–Trinajstić information content (AvgIpc) is 3.52. The van der Waals surface area contributed by atoms with Gasteiger partial charge in [0.05, 0.1) is 12.2 Å². The van der Waals surface area contributed by atoms with Crippen molar-refractivity contribution in [3.63, 3.8) is 0 Å². The number of ketones is 1. The van der Waals surface area contributed by atoms with Crippen LogP contribution in [0, 0.1) is 11.7 Å². The van der Waals surface area contributed by atoms with E-state index in [1.54, 1.807) is 25.1 Å². The highest BCUT2D eigenvalue weighted by Crippen LogP contribution is 2.39. The number of likely N-dealkylation sites (tertiary alicyclic amines) is 1. The summed E-state index contributed by atoms with van der Waals surface area (Å²) in [6.45, 7) is 2.85. The molecule has 178 valence electrons. The van der Waals surface area contributed by atoms with Gasteiger partial charge in [0.2, 0.25) is 0 Å². The van der Waals surface area contributed by atoms with Crippen molar-refractivity contribution >= 4 is 42.9 Å². The summed E-state index contributed by atoms with van der Waals surface area (Å²) in [5.41, 5.74) is 1.90. The molecule has 2 aliphatic rings. The van der Waals surface area contributed by atoms with Crippen LogP contribution in [-0.2, 0) is 9.59 Å². The van der Waals surface area contributed by atoms with Gasteiger partial charge in [-0.05, 0) is 43.4 Å². The monoisotopic (exact) mass is 494 g/mol. The number of benzene rings is 1. The first-order chi connectivity index (χ1) is 15.4. The molecule has 2 aromatic rings. The lowest BCUT2D eigenvalue weighted by atomic mass is 9.93. The summed E-state index contributed by atoms with van der Waals surface area (Å²) >= 11 is 4.70. The minimum Gasteiger partial charge on any atom is -0.480 e. The van der Waals surface area contributed by atoms with Crippen LogP contribution in [0.25, 0.3) is 6.08 Å². The maximum atomic E-state index is 14.7. The van der Waals surface area contributed by atoms with Gasteiger partial charge in [0.25, 0.3) is 0 Å². The van der Waals surface area contributed by atoms with E-state index in [4.69, 9.17) is 12.6 Å². The molecule has 1 aliphatic carbocycles. The number of aromatic nitrogens is 3. The van der Waals surface area contributed by atoms with Crippen LogP contribution in [0.5, 0.6) is 0 Å². The topological polar surface area (TPSA) is 88.3 Å². The van der Waals surface area contributed by atoms with Crippen LogP contribution in [-0.4, -0.2) is 55.1 Å². The highest BCUT2D eigenvalue weighted by atomic mass is 35.5. The third kappa shape index (κ3) is 5.65. The molecule has 0 radical (unpaired) electrons. The van der Waals surface area contributed by atoms with Crippen molar-refractivity contribution in [2.45, 2.75) is 49.9 Å². The van der Waals surface area contributed by atoms with Crippen LogP contribution < -0.4 is 0 Å². The van der Waals surface area contributed by atoms with E-state index in [1.807, 2.05) is 11.0 Å². The molecule has 0 bridgehead atoms. The number of carbonyl (C=O) groups excluding carboxylic acids is 1. The Hall–Kier alpha value is -2.23. The second-order valence-electron chi connectivity index (χ2n) is 8.45. The summed E-state index contributed by atoms with van der Waals surface area (Å²) in [7, 11) is 0. The van der Waals surface area contributed by atoms with Crippen LogP contribution >= 0.6 is 25.0 Å². The fourth-order valence-electron chi connectivity index (χ4n) is 4.20. The number of carboxylic acid groups (broad SMARTS) is 1. The normalized spacial score (nSPS) is 21.9. The third-order valence-electron chi connectivity index (χ3n) is 6.13. The molecule has 4 rings (SSSR count). The number of carbonyl (C=O) groups is 2. The second kappa shape index (κ2) is 10.8. The van der Waals surface area contributed by atoms with Crippen molar-refractivity contribution in [1.82, 2.24) is 19.9 Å². The van der Waals surface area contributed by atoms with E-state index in [9.17, 15) is 19.1 Å². The summed E-state index contributed by atoms with van der Waals surface area (Å²) in [6, 6.07) is 5.04. The number of halogens is 2. The van der Waals surface area contributed by atoms with Crippen molar-refractivity contribution in [3.8, 4) is 0 Å². The number of carboxylic acids is 1. The van der Waals surface area contributed by atoms with E-state index in [0.717, 1.165) is 18.4 Å². The maximum absolute atomic E-state index is 14.7. The number of hydrogen-bond acceptors (Lipinski definition) is 6. The Morgan fingerprint density at radius 1 is 1.30 bits per heavy atom. The van der Waals surface area contributed by atoms with Crippen LogP contribution in [0.3, 0.4) is 0 Å². The van der Waals surface area contributed by atoms with Crippen LogP contribution in [0.2, 0.25) is 0 Å². The Balaban J connectivity index is 0.00000306. The largest absolute Gasteiger partial charge is 0.480 e. The second-order valence-corrected chi connectivity index (χ2v) is 9.07. The van der Waals surface area contributed by atoms with Gasteiger partial charge >= 0.3 is 5.97 Å². The van der Waals surface area contributed by atoms with E-state index in [0.29, 0.717) is 37.2 Å². The number of hydrogen-bond donors (Lipinski definition) is 2. The Morgan fingerprint density at radius 2 is 2.03 bits per heavy atom. The van der Waals surface area contributed by atoms with E-state index in [1.165, 1.54) is 17.1 Å². The van der Waals surface area contributed by atoms with E-state index >= 15 is 0 Å². The lowest BCUT2D eigenvalue weighted by Gasteiger charge is -2.37. The van der Waals surface area contributed by atoms with Crippen LogP contribution in [0.15, 0.2) is 36.0 Å². The molecule has 1 aromatic heterocycles. The maximum Gasteiger partial charge on any atom is 0.330 e. The molecule has 0 amide bonds. The summed E-state index contributed by atoms with van der Waals surface area (Å²) in [4.78, 5) is 27.8. The van der Waals surface area contributed by atoms with Crippen molar-refractivity contribution < 1.29 is 19.1 Å². The van der Waals surface area contributed by atoms with Gasteiger partial charge < -0.3 is 5.11 Å². The molecule has 2 heterocycles. The van der Waals surface area contributed by atoms with E-state index in [2.05, 4.69) is 10.2 Å². The Bertz CT molecular complexity index is 1040. The first kappa shape index (κ1) is 25.4. The number of aliphatic carboxylic acids is 1. The molecule has 7 nitrogen and oxygen atoms in total. The summed E-state index contributed by atoms with van der Waals surface area (Å²) < 4.78 is 14.7. The number of rotatable bonds is 8. The minimum atomic E-state index is -0.982. The molecule has 10 heteroatoms. The molecule has 1 N–H and O–H groups in total. The molecule has 3 atom stereocenters. The minimum absolute atomic E-state index is 0. The molecule has 2 fully saturated rings. The zero-order valence-corrected chi connectivity index (χ0v) is 20.0. The molecule has 1 aliphatic heterocycles. The number of Topliss-reactive ketones (excluding diaryl/α,β-unsaturated/α-hetero) is 1. The van der Waals surface area contributed by atoms with Gasteiger partial charge in [-0.2, -0.15) is 27.6 Å². The molecule has 1 saturated heterocycles. The SMILES string of the molecule is CCC(C(=O)O)n1ncc(/C=C2\CN(C(C(=O)C3CC3)c3ccccc3F)CCC2S)n1.Cl. The van der Waals surface area contributed by atoms with Crippen molar-refractivity contribution in [2.24, 2.45) is 5.92 Å². The van der Waals surface area contributed by atoms with Gasteiger partial charge in [-0.25, -0.2) is 9.18 Å². The third-order valence-corrected chi connectivity index (χ3v) is 6.72. The van der Waals surface area contributed by atoms with E-state index < -0.39 is 18.1 Å². The van der Waals surface area contributed by atoms with Crippen molar-refractivity contribution in [2.75, 3.05) is 13.1 Å². The van der Waals surface area contributed by atoms with Crippen LogP contribution in [0.4, 0.5) is 4.39 Å². The molecule has 3 unspecified atom stereocenters. The highest BCUT2D eigenvalue weighted by Gasteiger charge is 2.40. The van der Waals surface area contributed by atoms with Gasteiger partial charge in [-0.15, -0.1) is 12.4 Å². The van der Waals surface area contributed by atoms with Crippen molar-refractivity contribution in [3.05, 3.63) is 53.1 Å². The predicted octanol–water partition coefficient (Wildman–Crippen LogP) is 3.98. The highest BCUT2D eigenvalue weighted by molar-refractivity contribution is 7.81. The Morgan fingerprint density at radius 3 is 2.67 bits per heavy atom. The van der Waals surface area contributed by atoms with Gasteiger partial charge in [-0.1, -0.05) is 25.1 Å². The number of thiol groups is 1. The number of nitrogens with zero attached hydrogens (tertiary/aromatic N) is 4. The van der Waals surface area contributed by atoms with Gasteiger partial charge in [-0.3, -0.25) is 9.69 Å². The molecule has 33 heavy (non-hydrogen) atoms. The molecular weight excluding hydrogens is 467 g/mol. The molecule has 1 saturated carbocycles. The zero-order valence-electron chi connectivity index (χ0n) is 18.3. The number of piperidine rings is 1. The van der Waals surface area contributed by atoms with Crippen LogP contribution in [0.1, 0.15) is 55.9 Å². The van der Waals surface area contributed by atoms with Crippen molar-refractivity contribution in [1.29, 1.82) is 0 Å². The van der Waals surface area contributed by atoms with E-state index in [-0.39, 0.29) is 35.2 Å². The molecule has 0 spiro atoms. The lowest BCUT2D eigenvalue weighted by Crippen LogP contribution is -2.42.